The van der Waals surface area contributed by atoms with Gasteiger partial charge in [0.2, 0.25) is 0 Å². The Morgan fingerprint density at radius 1 is 0.478 bits per heavy atom. The van der Waals surface area contributed by atoms with Crippen LogP contribution in [0.3, 0.4) is 0 Å². The smallest absolute Gasteiger partial charge is 1.00 e. The minimum Gasteiger partial charge on any atom is -1.00 e. The van der Waals surface area contributed by atoms with Crippen molar-refractivity contribution in [3.05, 3.63) is 60.9 Å². The zero-order chi connectivity index (χ0) is 32.9. The van der Waals surface area contributed by atoms with Crippen LogP contribution >= 0.6 is 0 Å². The molecule has 3 rings (SSSR count). The molecular formula is C43H73N2Na. The molecule has 0 bridgehead atoms. The molecule has 0 aliphatic heterocycles. The van der Waals surface area contributed by atoms with Crippen molar-refractivity contribution in [1.29, 1.82) is 0 Å². The maximum Gasteiger partial charge on any atom is 1.00 e. The van der Waals surface area contributed by atoms with Gasteiger partial charge in [-0.15, -0.1) is 0 Å². The van der Waals surface area contributed by atoms with Gasteiger partial charge in [-0.1, -0.05) is 188 Å². The van der Waals surface area contributed by atoms with Gasteiger partial charge >= 0.3 is 29.6 Å². The molecule has 3 heteroatoms. The van der Waals surface area contributed by atoms with Crippen LogP contribution in [-0.2, 0) is 0 Å². The Labute approximate surface area is 310 Å². The van der Waals surface area contributed by atoms with Crippen LogP contribution in [0.1, 0.15) is 160 Å². The summed E-state index contributed by atoms with van der Waals surface area (Å²) < 4.78 is 2.09. The molecule has 256 valence electrons. The van der Waals surface area contributed by atoms with Gasteiger partial charge in [-0.2, -0.15) is 0 Å². The van der Waals surface area contributed by atoms with Crippen LogP contribution in [0, 0.1) is 35.5 Å². The molecule has 0 aliphatic carbocycles. The van der Waals surface area contributed by atoms with E-state index in [0.717, 1.165) is 52.2 Å². The third kappa shape index (κ3) is 19.7. The number of nitrogens with zero attached hydrogens (tertiary/aromatic N) is 2. The second-order valence-corrected chi connectivity index (χ2v) is 15.7. The van der Waals surface area contributed by atoms with Crippen molar-refractivity contribution < 1.29 is 31.0 Å². The molecule has 46 heavy (non-hydrogen) atoms. The van der Waals surface area contributed by atoms with E-state index in [1.165, 1.54) is 103 Å². The van der Waals surface area contributed by atoms with Gasteiger partial charge < -0.3 is 1.43 Å². The van der Waals surface area contributed by atoms with E-state index in [9.17, 15) is 0 Å². The number of unbranched alkanes of at least 4 members (excludes halogenated alkanes) is 1. The molecule has 2 nitrogen and oxygen atoms in total. The Hall–Kier alpha value is -1.09. The van der Waals surface area contributed by atoms with E-state index in [2.05, 4.69) is 83.1 Å². The molecule has 0 aliphatic rings. The van der Waals surface area contributed by atoms with Crippen molar-refractivity contribution in [1.82, 2.24) is 9.55 Å². The summed E-state index contributed by atoms with van der Waals surface area (Å²) in [5, 5.41) is 0. The number of rotatable bonds is 22. The third-order valence-electron chi connectivity index (χ3n) is 9.88. The molecule has 0 fully saturated rings. The van der Waals surface area contributed by atoms with Gasteiger partial charge in [-0.3, -0.25) is 4.57 Å². The quantitative estimate of drug-likeness (QED) is 0.0789. The molecule has 0 spiro atoms. The fraction of sp³-hybridized carbons (Fsp3) is 0.698. The Morgan fingerprint density at radius 3 is 1.28 bits per heavy atom. The topological polar surface area (TPSA) is 17.8 Å². The summed E-state index contributed by atoms with van der Waals surface area (Å²) in [5.41, 5.74) is 3.32. The van der Waals surface area contributed by atoms with Gasteiger partial charge in [-0.25, -0.2) is 4.98 Å². The number of benzene rings is 2. The van der Waals surface area contributed by atoms with E-state index in [-0.39, 0.29) is 31.0 Å². The van der Waals surface area contributed by atoms with Gasteiger partial charge in [0.1, 0.15) is 6.33 Å². The molecule has 0 N–H and O–H groups in total. The minimum atomic E-state index is 0. The first-order chi connectivity index (χ1) is 21.7. The van der Waals surface area contributed by atoms with Crippen LogP contribution in [-0.4, -0.2) is 9.55 Å². The van der Waals surface area contributed by atoms with Crippen LogP contribution in [0.4, 0.5) is 0 Å². The predicted molar refractivity (Wildman–Crippen MR) is 202 cm³/mol. The van der Waals surface area contributed by atoms with E-state index >= 15 is 0 Å². The normalized spacial score (nSPS) is 14.0. The average molecular weight is 641 g/mol. The van der Waals surface area contributed by atoms with E-state index in [0.29, 0.717) is 0 Å². The number of fused-ring (bicyclic) bond motifs is 1. The summed E-state index contributed by atoms with van der Waals surface area (Å²) in [6, 6.07) is 18.4. The Balaban J connectivity index is 0.00000103. The number of aromatic nitrogens is 2. The van der Waals surface area contributed by atoms with Crippen molar-refractivity contribution in [3.63, 3.8) is 0 Å². The largest absolute Gasteiger partial charge is 1.00 e. The molecule has 4 unspecified atom stereocenters. The molecule has 3 aromatic rings. The maximum atomic E-state index is 4.36. The molecule has 2 aromatic carbocycles. The Bertz CT molecular complexity index is 1080. The zero-order valence-electron chi connectivity index (χ0n) is 32.9. The van der Waals surface area contributed by atoms with Gasteiger partial charge in [-0.05, 0) is 59.8 Å². The van der Waals surface area contributed by atoms with Crippen molar-refractivity contribution in [2.45, 2.75) is 158 Å². The number of hydrogen-bond acceptors (Lipinski definition) is 1. The second kappa shape index (κ2) is 25.9. The van der Waals surface area contributed by atoms with Crippen LogP contribution in [0.2, 0.25) is 0 Å². The van der Waals surface area contributed by atoms with Crippen molar-refractivity contribution in [2.24, 2.45) is 35.5 Å². The van der Waals surface area contributed by atoms with Crippen LogP contribution in [0.5, 0.6) is 0 Å². The summed E-state index contributed by atoms with van der Waals surface area (Å²) >= 11 is 0. The van der Waals surface area contributed by atoms with E-state index < -0.39 is 0 Å². The summed E-state index contributed by atoms with van der Waals surface area (Å²) in [4.78, 5) is 4.36. The van der Waals surface area contributed by atoms with E-state index in [1.807, 2.05) is 42.7 Å². The molecular weight excluding hydrogens is 567 g/mol. The molecule has 1 heterocycles. The zero-order valence-corrected chi connectivity index (χ0v) is 33.9. The minimum absolute atomic E-state index is 0. The summed E-state index contributed by atoms with van der Waals surface area (Å²) in [6.07, 6.45) is 25.0. The molecule has 0 saturated heterocycles. The van der Waals surface area contributed by atoms with Gasteiger partial charge in [0.15, 0.2) is 0 Å². The fourth-order valence-corrected chi connectivity index (χ4v) is 6.70. The third-order valence-corrected chi connectivity index (χ3v) is 9.88. The molecule has 0 radical (unpaired) electrons. The molecule has 1 aromatic heterocycles. The van der Waals surface area contributed by atoms with Crippen molar-refractivity contribution in [3.8, 4) is 5.69 Å². The van der Waals surface area contributed by atoms with Gasteiger partial charge in [0.25, 0.3) is 0 Å². The fourth-order valence-electron chi connectivity index (χ4n) is 6.70. The summed E-state index contributed by atoms with van der Waals surface area (Å²) in [7, 11) is 0. The standard InChI is InChI=1S/C30H62.C13H10N2.Na.H/c1-25(2)15-11-19-29(7)23-13-21-27(5)17-9-10-18-28(6)22-14-24-30(8)20-12-16-26(3)4;1-2-6-11(7-3-1)15-10-14-12-8-4-5-9-13(12)15;;/h25-30H,9-24H2,1-8H3;1-10H;;/q;;+1;-1. The van der Waals surface area contributed by atoms with Crippen LogP contribution in [0.15, 0.2) is 60.9 Å². The van der Waals surface area contributed by atoms with Crippen molar-refractivity contribution >= 4 is 11.0 Å². The van der Waals surface area contributed by atoms with Crippen LogP contribution in [0.25, 0.3) is 16.7 Å². The molecule has 4 atom stereocenters. The predicted octanol–water partition coefficient (Wildman–Crippen LogP) is 11.2. The van der Waals surface area contributed by atoms with Crippen LogP contribution < -0.4 is 29.6 Å². The number of imidazole rings is 1. The Kier molecular flexibility index (Phi) is 24.1. The van der Waals surface area contributed by atoms with E-state index in [1.54, 1.807) is 0 Å². The average Bonchev–Trinajstić information content (AvgIpc) is 3.44. The Morgan fingerprint density at radius 2 is 0.848 bits per heavy atom. The number of hydrogen-bond donors (Lipinski definition) is 0. The monoisotopic (exact) mass is 641 g/mol. The van der Waals surface area contributed by atoms with Crippen molar-refractivity contribution in [2.75, 3.05) is 0 Å². The molecule has 0 amide bonds. The first-order valence-electron chi connectivity index (χ1n) is 19.1. The maximum absolute atomic E-state index is 4.36. The molecule has 0 saturated carbocycles. The first kappa shape index (κ1) is 42.9. The van der Waals surface area contributed by atoms with E-state index in [4.69, 9.17) is 0 Å². The first-order valence-corrected chi connectivity index (χ1v) is 19.1. The second-order valence-electron chi connectivity index (χ2n) is 15.7. The summed E-state index contributed by atoms with van der Waals surface area (Å²) in [5.74, 6) is 5.51. The van der Waals surface area contributed by atoms with Gasteiger partial charge in [0, 0.05) is 5.69 Å². The SMILES string of the molecule is CC(C)CCCC(C)CCCC(C)CCCCC(C)CCCC(C)CCCC(C)C.[H-].[Na+].c1ccc(-n2cnc3ccccc32)cc1. The summed E-state index contributed by atoms with van der Waals surface area (Å²) in [6.45, 7) is 19.3. The number of para-hydroxylation sites is 3. The van der Waals surface area contributed by atoms with Gasteiger partial charge in [0.05, 0.1) is 11.0 Å².